The Labute approximate surface area is 194 Å². The quantitative estimate of drug-likeness (QED) is 0.368. The number of sulfonamides is 1. The molecule has 1 aliphatic carbocycles. The number of halogens is 2. The number of aromatic amines is 1. The molecule has 1 atom stereocenters. The van der Waals surface area contributed by atoms with E-state index >= 15 is 0 Å². The second-order valence-corrected chi connectivity index (χ2v) is 10.2. The predicted molar refractivity (Wildman–Crippen MR) is 122 cm³/mol. The second kappa shape index (κ2) is 8.08. The van der Waals surface area contributed by atoms with Crippen molar-refractivity contribution in [1.29, 1.82) is 0 Å². The van der Waals surface area contributed by atoms with Gasteiger partial charge in [-0.1, -0.05) is 28.3 Å². The minimum Gasteiger partial charge on any atom is -0.424 e. The highest BCUT2D eigenvalue weighted by atomic mass is 35.5. The Kier molecular flexibility index (Phi) is 5.37. The van der Waals surface area contributed by atoms with Crippen LogP contribution in [0.15, 0.2) is 53.6 Å². The van der Waals surface area contributed by atoms with Crippen LogP contribution < -0.4 is 9.46 Å². The maximum Gasteiger partial charge on any atom is 0.322 e. The third-order valence-corrected chi connectivity index (χ3v) is 7.54. The van der Waals surface area contributed by atoms with Crippen molar-refractivity contribution >= 4 is 44.1 Å². The lowest BCUT2D eigenvalue weighted by atomic mass is 10.2. The van der Waals surface area contributed by atoms with Gasteiger partial charge in [-0.2, -0.15) is 0 Å². The molecule has 32 heavy (non-hydrogen) atoms. The number of aromatic nitrogens is 4. The van der Waals surface area contributed by atoms with E-state index in [4.69, 9.17) is 27.9 Å². The van der Waals surface area contributed by atoms with E-state index in [1.807, 2.05) is 35.0 Å². The minimum absolute atomic E-state index is 0.0203. The van der Waals surface area contributed by atoms with Gasteiger partial charge >= 0.3 is 6.01 Å². The molecule has 2 N–H and O–H groups in total. The van der Waals surface area contributed by atoms with E-state index in [1.54, 1.807) is 6.92 Å². The normalized spacial score (nSPS) is 15.2. The average Bonchev–Trinajstić information content (AvgIpc) is 3.32. The van der Waals surface area contributed by atoms with Crippen molar-refractivity contribution in [3.05, 3.63) is 64.5 Å². The largest absolute Gasteiger partial charge is 0.424 e. The molecule has 1 aliphatic rings. The number of fused-ring (bicyclic) bond motifs is 1. The van der Waals surface area contributed by atoms with Gasteiger partial charge in [-0.3, -0.25) is 4.57 Å². The second-order valence-electron chi connectivity index (χ2n) is 7.69. The molecule has 1 saturated carbocycles. The molecule has 0 radical (unpaired) electrons. The highest BCUT2D eigenvalue weighted by Gasteiger charge is 2.33. The van der Waals surface area contributed by atoms with E-state index in [1.165, 1.54) is 18.2 Å². The molecule has 0 aliphatic heterocycles. The highest BCUT2D eigenvalue weighted by molar-refractivity contribution is 7.89. The lowest BCUT2D eigenvalue weighted by Crippen LogP contribution is -2.29. The summed E-state index contributed by atoms with van der Waals surface area (Å²) in [4.78, 5) is 3.17. The topological polar surface area (TPSA) is 102 Å². The Hall–Kier alpha value is -2.59. The maximum atomic E-state index is 12.9. The van der Waals surface area contributed by atoms with E-state index in [2.05, 4.69) is 19.9 Å². The van der Waals surface area contributed by atoms with Crippen molar-refractivity contribution in [1.82, 2.24) is 24.5 Å². The predicted octanol–water partition coefficient (Wildman–Crippen LogP) is 5.23. The lowest BCUT2D eigenvalue weighted by molar-refractivity contribution is 0.405. The molecule has 0 bridgehead atoms. The number of hydrogen-bond donors (Lipinski definition) is 2. The van der Waals surface area contributed by atoms with Crippen LogP contribution in [-0.2, 0) is 10.0 Å². The van der Waals surface area contributed by atoms with Crippen LogP contribution in [0.3, 0.4) is 0 Å². The Morgan fingerprint density at radius 3 is 2.69 bits per heavy atom. The fraction of sp³-hybridized carbons (Fsp3) is 0.238. The zero-order valence-corrected chi connectivity index (χ0v) is 19.2. The highest BCUT2D eigenvalue weighted by Crippen LogP contribution is 2.41. The Morgan fingerprint density at radius 2 is 1.94 bits per heavy atom. The Balaban J connectivity index is 1.42. The van der Waals surface area contributed by atoms with Crippen LogP contribution in [-0.4, -0.2) is 28.2 Å². The molecule has 2 aromatic heterocycles. The van der Waals surface area contributed by atoms with Crippen LogP contribution in [0.2, 0.25) is 10.0 Å². The van der Waals surface area contributed by atoms with E-state index in [0.717, 1.165) is 23.7 Å². The molecular formula is C21H19Cl2N5O3S. The summed E-state index contributed by atoms with van der Waals surface area (Å²) < 4.78 is 36.3. The first-order valence-corrected chi connectivity index (χ1v) is 12.2. The summed E-state index contributed by atoms with van der Waals surface area (Å²) in [5.74, 6) is 1.09. The number of nitrogens with zero attached hydrogens (tertiary/aromatic N) is 3. The molecule has 4 aromatic rings. The fourth-order valence-electron chi connectivity index (χ4n) is 3.52. The number of nitrogens with one attached hydrogen (secondary N) is 2. The number of benzene rings is 2. The van der Waals surface area contributed by atoms with Crippen molar-refractivity contribution in [2.24, 2.45) is 0 Å². The minimum atomic E-state index is -3.86. The molecule has 0 saturated heterocycles. The van der Waals surface area contributed by atoms with Crippen LogP contribution in [0.5, 0.6) is 11.8 Å². The van der Waals surface area contributed by atoms with Crippen LogP contribution in [0, 0.1) is 0 Å². The molecule has 1 fully saturated rings. The molecule has 11 heteroatoms. The van der Waals surface area contributed by atoms with Crippen LogP contribution >= 0.6 is 23.2 Å². The number of hydrogen-bond acceptors (Lipinski definition) is 5. The van der Waals surface area contributed by atoms with Crippen molar-refractivity contribution in [2.75, 3.05) is 0 Å². The van der Waals surface area contributed by atoms with Crippen molar-refractivity contribution in [2.45, 2.75) is 36.7 Å². The smallest absolute Gasteiger partial charge is 0.322 e. The van der Waals surface area contributed by atoms with Gasteiger partial charge in [0.15, 0.2) is 5.82 Å². The summed E-state index contributed by atoms with van der Waals surface area (Å²) in [5.41, 5.74) is 0.947. The standard InChI is InChI=1S/C21H19Cl2N5O3S/c1-12(27-32(29,30)16-6-7-17(22)18(23)11-16)20-25-26-21(28(20)14-3-4-14)31-15-5-2-13-8-9-24-19(13)10-15/h2,5-12,14,24,27H,3-4H2,1H3/t12-/m1/s1. The third-order valence-electron chi connectivity index (χ3n) is 5.26. The summed E-state index contributed by atoms with van der Waals surface area (Å²) in [6.07, 6.45) is 3.76. The van der Waals surface area contributed by atoms with Gasteiger partial charge in [0.25, 0.3) is 0 Å². The number of rotatable bonds is 7. The summed E-state index contributed by atoms with van der Waals surface area (Å²) in [7, 11) is -3.86. The lowest BCUT2D eigenvalue weighted by Gasteiger charge is -2.16. The molecule has 0 spiro atoms. The number of H-pyrrole nitrogens is 1. The molecule has 8 nitrogen and oxygen atoms in total. The average molecular weight is 492 g/mol. The van der Waals surface area contributed by atoms with E-state index in [9.17, 15) is 8.42 Å². The van der Waals surface area contributed by atoms with Crippen molar-refractivity contribution in [3.8, 4) is 11.8 Å². The van der Waals surface area contributed by atoms with Gasteiger partial charge in [0.2, 0.25) is 10.0 Å². The SMILES string of the molecule is C[C@@H](NS(=O)(=O)c1ccc(Cl)c(Cl)c1)c1nnc(Oc2ccc3cc[nH]c3c2)n1C1CC1. The van der Waals surface area contributed by atoms with Gasteiger partial charge in [0, 0.05) is 23.8 Å². The Bertz CT molecular complexity index is 1410. The summed E-state index contributed by atoms with van der Waals surface area (Å²) >= 11 is 11.9. The van der Waals surface area contributed by atoms with Crippen LogP contribution in [0.4, 0.5) is 0 Å². The first-order chi connectivity index (χ1) is 15.3. The first kappa shape index (κ1) is 21.3. The molecular weight excluding hydrogens is 473 g/mol. The monoisotopic (exact) mass is 491 g/mol. The van der Waals surface area contributed by atoms with Gasteiger partial charge in [-0.15, -0.1) is 5.10 Å². The summed E-state index contributed by atoms with van der Waals surface area (Å²) in [6, 6.07) is 11.7. The fourth-order valence-corrected chi connectivity index (χ4v) is 5.11. The van der Waals surface area contributed by atoms with Gasteiger partial charge in [-0.05, 0) is 61.5 Å². The van der Waals surface area contributed by atoms with Crippen LogP contribution in [0.1, 0.15) is 37.7 Å². The molecule has 166 valence electrons. The van der Waals surface area contributed by atoms with Gasteiger partial charge in [0.1, 0.15) is 5.75 Å². The zero-order chi connectivity index (χ0) is 22.5. The van der Waals surface area contributed by atoms with Crippen LogP contribution in [0.25, 0.3) is 10.9 Å². The molecule has 2 aromatic carbocycles. The van der Waals surface area contributed by atoms with Gasteiger partial charge in [0.05, 0.1) is 21.0 Å². The van der Waals surface area contributed by atoms with E-state index < -0.39 is 16.1 Å². The van der Waals surface area contributed by atoms with E-state index in [0.29, 0.717) is 17.6 Å². The maximum absolute atomic E-state index is 12.9. The van der Waals surface area contributed by atoms with Crippen molar-refractivity contribution < 1.29 is 13.2 Å². The van der Waals surface area contributed by atoms with Gasteiger partial charge in [-0.25, -0.2) is 13.1 Å². The first-order valence-electron chi connectivity index (χ1n) is 9.99. The molecule has 0 amide bonds. The number of ether oxygens (including phenoxy) is 1. The molecule has 5 rings (SSSR count). The zero-order valence-electron chi connectivity index (χ0n) is 16.9. The van der Waals surface area contributed by atoms with Gasteiger partial charge < -0.3 is 9.72 Å². The molecule has 2 heterocycles. The summed E-state index contributed by atoms with van der Waals surface area (Å²) in [5, 5.41) is 9.96. The third kappa shape index (κ3) is 4.09. The van der Waals surface area contributed by atoms with E-state index in [-0.39, 0.29) is 21.0 Å². The molecule has 0 unspecified atom stereocenters. The van der Waals surface area contributed by atoms with Crippen molar-refractivity contribution in [3.63, 3.8) is 0 Å². The summed E-state index contributed by atoms with van der Waals surface area (Å²) in [6.45, 7) is 1.72. The Morgan fingerprint density at radius 1 is 1.12 bits per heavy atom.